The largest absolute Gasteiger partial charge is 0.366 e. The van der Waals surface area contributed by atoms with Gasteiger partial charge >= 0.3 is 15.2 Å². The van der Waals surface area contributed by atoms with Gasteiger partial charge in [0.15, 0.2) is 22.5 Å². The molecule has 0 saturated carbocycles. The Balaban J connectivity index is 4.93. The number of halogens is 1. The Kier molecular flexibility index (Phi) is 6.19. The van der Waals surface area contributed by atoms with Gasteiger partial charge in [-0.2, -0.15) is 0 Å². The zero-order valence-corrected chi connectivity index (χ0v) is 15.3. The van der Waals surface area contributed by atoms with Gasteiger partial charge in [-0.1, -0.05) is 0 Å². The van der Waals surface area contributed by atoms with Gasteiger partial charge in [-0.15, -0.1) is 4.73 Å². The highest BCUT2D eigenvalue weighted by Gasteiger charge is 2.42. The Morgan fingerprint density at radius 2 is 1.39 bits per heavy atom. The smallest absolute Gasteiger partial charge is 0.351 e. The molecule has 0 aliphatic carbocycles. The first-order valence-corrected chi connectivity index (χ1v) is 15.6. The molecule has 0 radical (unpaired) electrons. The second kappa shape index (κ2) is 5.97. The zero-order chi connectivity index (χ0) is 14.8. The van der Waals surface area contributed by atoms with E-state index in [-0.39, 0.29) is 0 Å². The minimum Gasteiger partial charge on any atom is -0.351 e. The van der Waals surface area contributed by atoms with Crippen LogP contribution in [0.2, 0.25) is 39.3 Å². The van der Waals surface area contributed by atoms with Gasteiger partial charge in [0.25, 0.3) is 0 Å². The summed E-state index contributed by atoms with van der Waals surface area (Å²) in [6, 6.07) is 0. The minimum atomic E-state index is -4.25. The van der Waals surface area contributed by atoms with Gasteiger partial charge < -0.3 is 13.3 Å². The van der Waals surface area contributed by atoms with Crippen molar-refractivity contribution in [2.75, 3.05) is 5.90 Å². The summed E-state index contributed by atoms with van der Waals surface area (Å²) in [5, 5.41) is 0. The Morgan fingerprint density at radius 1 is 1.00 bits per heavy atom. The monoisotopic (exact) mass is 338 g/mol. The van der Waals surface area contributed by atoms with Crippen LogP contribution in [0.5, 0.6) is 0 Å². The number of hydrogen-bond donors (Lipinski definition) is 1. The molecule has 0 spiro atoms. The molecule has 0 aliphatic rings. The summed E-state index contributed by atoms with van der Waals surface area (Å²) < 4.78 is 49.4. The molecule has 0 rings (SSSR count). The normalized spacial score (nSPS) is 20.2. The molecule has 0 fully saturated rings. The Labute approximate surface area is 109 Å². The maximum Gasteiger partial charge on any atom is 0.366 e. The number of rotatable bonds is 7. The third kappa shape index (κ3) is 8.71. The number of hydrogen-bond acceptors (Lipinski definition) is 5. The standard InChI is InChI=1S/C7H21FO6P2Si2/c1-17(2,3)13-15(9,10)7-16(11,12-8)14-18(4,5)6/h7H2,1-6H3,(H,9,10). The third-order valence-corrected chi connectivity index (χ3v) is 10.9. The lowest BCUT2D eigenvalue weighted by Crippen LogP contribution is -2.26. The first kappa shape index (κ1) is 18.7. The van der Waals surface area contributed by atoms with Crippen molar-refractivity contribution >= 4 is 31.8 Å². The van der Waals surface area contributed by atoms with Gasteiger partial charge in [-0.3, -0.25) is 9.13 Å². The Bertz CT molecular complexity index is 377. The van der Waals surface area contributed by atoms with Crippen LogP contribution in [0.25, 0.3) is 0 Å². The summed E-state index contributed by atoms with van der Waals surface area (Å²) in [7, 11) is -13.2. The van der Waals surface area contributed by atoms with Crippen molar-refractivity contribution in [3.63, 3.8) is 0 Å². The molecule has 0 aliphatic heterocycles. The molecule has 110 valence electrons. The lowest BCUT2D eigenvalue weighted by atomic mass is 11.8. The summed E-state index contributed by atoms with van der Waals surface area (Å²) in [5.74, 6) is -0.967. The van der Waals surface area contributed by atoms with Crippen LogP contribution in [0.1, 0.15) is 0 Å². The molecule has 0 aromatic rings. The van der Waals surface area contributed by atoms with Gasteiger partial charge in [-0.05, 0) is 43.8 Å². The van der Waals surface area contributed by atoms with E-state index in [4.69, 9.17) is 8.43 Å². The van der Waals surface area contributed by atoms with Crippen molar-refractivity contribution < 1.29 is 31.7 Å². The van der Waals surface area contributed by atoms with E-state index in [0.717, 1.165) is 0 Å². The maximum absolute atomic E-state index is 12.4. The molecule has 0 heterocycles. The van der Waals surface area contributed by atoms with Crippen LogP contribution in [0, 0.1) is 0 Å². The molecule has 18 heavy (non-hydrogen) atoms. The van der Waals surface area contributed by atoms with E-state index >= 15 is 0 Å². The second-order valence-electron chi connectivity index (χ2n) is 5.87. The quantitative estimate of drug-likeness (QED) is 0.559. The van der Waals surface area contributed by atoms with Crippen LogP contribution in [0.15, 0.2) is 0 Å². The highest BCUT2D eigenvalue weighted by molar-refractivity contribution is 7.72. The van der Waals surface area contributed by atoms with E-state index in [1.54, 1.807) is 39.3 Å². The summed E-state index contributed by atoms with van der Waals surface area (Å²) >= 11 is 0. The van der Waals surface area contributed by atoms with Crippen molar-refractivity contribution in [3.05, 3.63) is 0 Å². The van der Waals surface area contributed by atoms with Crippen molar-refractivity contribution in [1.82, 2.24) is 0 Å². The van der Waals surface area contributed by atoms with E-state index in [1.165, 1.54) is 0 Å². The Hall–Kier alpha value is 0.664. The Morgan fingerprint density at radius 3 is 1.67 bits per heavy atom. The maximum atomic E-state index is 12.4. The predicted octanol–water partition coefficient (Wildman–Crippen LogP) is 3.93. The van der Waals surface area contributed by atoms with Crippen molar-refractivity contribution in [3.8, 4) is 0 Å². The van der Waals surface area contributed by atoms with E-state index in [0.29, 0.717) is 0 Å². The second-order valence-corrected chi connectivity index (χ2v) is 19.5. The van der Waals surface area contributed by atoms with Crippen LogP contribution in [0.4, 0.5) is 4.53 Å². The van der Waals surface area contributed by atoms with E-state index in [9.17, 15) is 18.5 Å². The van der Waals surface area contributed by atoms with Crippen LogP contribution in [-0.2, 0) is 22.3 Å². The molecule has 2 unspecified atom stereocenters. The average molecular weight is 338 g/mol. The highest BCUT2D eigenvalue weighted by Crippen LogP contribution is 2.63. The third-order valence-electron chi connectivity index (χ3n) is 1.29. The fourth-order valence-electron chi connectivity index (χ4n) is 1.16. The first-order valence-electron chi connectivity index (χ1n) is 5.31. The minimum absolute atomic E-state index is 0.967. The van der Waals surface area contributed by atoms with Crippen LogP contribution in [0.3, 0.4) is 0 Å². The van der Waals surface area contributed by atoms with Crippen LogP contribution >= 0.6 is 15.2 Å². The van der Waals surface area contributed by atoms with Crippen molar-refractivity contribution in [2.45, 2.75) is 39.3 Å². The summed E-state index contributed by atoms with van der Waals surface area (Å²) in [6.07, 6.45) is 0. The molecule has 0 aromatic carbocycles. The lowest BCUT2D eigenvalue weighted by molar-refractivity contribution is -0.0164. The van der Waals surface area contributed by atoms with E-state index in [1.807, 2.05) is 0 Å². The molecule has 0 bridgehead atoms. The molecule has 11 heteroatoms. The fraction of sp³-hybridized carbons (Fsp3) is 1.00. The predicted molar refractivity (Wildman–Crippen MR) is 73.4 cm³/mol. The lowest BCUT2D eigenvalue weighted by Gasteiger charge is -2.26. The average Bonchev–Trinajstić information content (AvgIpc) is 1.93. The van der Waals surface area contributed by atoms with E-state index < -0.39 is 37.7 Å². The summed E-state index contributed by atoms with van der Waals surface area (Å²) in [4.78, 5) is 9.60. The van der Waals surface area contributed by atoms with Gasteiger partial charge in [0, 0.05) is 0 Å². The summed E-state index contributed by atoms with van der Waals surface area (Å²) in [6.45, 7) is 10.1. The zero-order valence-electron chi connectivity index (χ0n) is 11.5. The molecule has 0 amide bonds. The van der Waals surface area contributed by atoms with Crippen molar-refractivity contribution in [2.24, 2.45) is 0 Å². The SMILES string of the molecule is C[Si](C)(C)OP(=O)(O)CP(=O)(OF)O[Si](C)(C)C. The molecule has 2 atom stereocenters. The van der Waals surface area contributed by atoms with Gasteiger partial charge in [0.05, 0.1) is 0 Å². The summed E-state index contributed by atoms with van der Waals surface area (Å²) in [5.41, 5.74) is 0. The molecule has 1 N–H and O–H groups in total. The molecular weight excluding hydrogens is 317 g/mol. The van der Waals surface area contributed by atoms with Gasteiger partial charge in [0.1, 0.15) is 0 Å². The molecule has 6 nitrogen and oxygen atoms in total. The molecule has 0 aromatic heterocycles. The van der Waals surface area contributed by atoms with Crippen LogP contribution in [-0.4, -0.2) is 27.4 Å². The molecule has 0 saturated heterocycles. The fourth-order valence-corrected chi connectivity index (χ4v) is 11.5. The van der Waals surface area contributed by atoms with Crippen LogP contribution < -0.4 is 0 Å². The first-order chi connectivity index (χ1) is 7.68. The molecular formula is C7H21FO6P2Si2. The topological polar surface area (TPSA) is 82.1 Å². The van der Waals surface area contributed by atoms with Gasteiger partial charge in [-0.25, -0.2) is 0 Å². The van der Waals surface area contributed by atoms with Gasteiger partial charge in [0.2, 0.25) is 0 Å². The van der Waals surface area contributed by atoms with E-state index in [2.05, 4.69) is 4.73 Å². The highest BCUT2D eigenvalue weighted by atomic mass is 31.2. The van der Waals surface area contributed by atoms with Crippen molar-refractivity contribution in [1.29, 1.82) is 0 Å².